The van der Waals surface area contributed by atoms with Crippen LogP contribution in [0, 0.1) is 6.92 Å². The summed E-state index contributed by atoms with van der Waals surface area (Å²) >= 11 is 0. The van der Waals surface area contributed by atoms with Crippen molar-refractivity contribution in [3.63, 3.8) is 0 Å². The maximum Gasteiger partial charge on any atom is 0.238 e. The third kappa shape index (κ3) is 3.78. The minimum atomic E-state index is 0.0506. The first-order chi connectivity index (χ1) is 9.20. The van der Waals surface area contributed by atoms with E-state index in [9.17, 15) is 4.79 Å². The zero-order valence-corrected chi connectivity index (χ0v) is 11.6. The third-order valence-electron chi connectivity index (χ3n) is 3.77. The van der Waals surface area contributed by atoms with E-state index in [-0.39, 0.29) is 5.91 Å². The zero-order valence-electron chi connectivity index (χ0n) is 11.6. The Morgan fingerprint density at radius 2 is 2.16 bits per heavy atom. The number of anilines is 1. The largest absolute Gasteiger partial charge is 0.329 e. The molecular weight excluding hydrogens is 238 g/mol. The molecule has 1 saturated carbocycles. The summed E-state index contributed by atoms with van der Waals surface area (Å²) in [6.45, 7) is 3.84. The van der Waals surface area contributed by atoms with Crippen molar-refractivity contribution in [1.82, 2.24) is 4.90 Å². The molecule has 2 rings (SSSR count). The fourth-order valence-electron chi connectivity index (χ4n) is 2.40. The van der Waals surface area contributed by atoms with Crippen LogP contribution in [0.2, 0.25) is 0 Å². The van der Waals surface area contributed by atoms with Gasteiger partial charge in [0.1, 0.15) is 0 Å². The molecule has 19 heavy (non-hydrogen) atoms. The fraction of sp³-hybridized carbons (Fsp3) is 0.533. The smallest absolute Gasteiger partial charge is 0.238 e. The maximum absolute atomic E-state index is 12.1. The van der Waals surface area contributed by atoms with E-state index in [0.29, 0.717) is 19.1 Å². The number of para-hydroxylation sites is 1. The van der Waals surface area contributed by atoms with E-state index in [1.807, 2.05) is 31.2 Å². The highest BCUT2D eigenvalue weighted by Crippen LogP contribution is 2.24. The quantitative estimate of drug-likeness (QED) is 0.820. The van der Waals surface area contributed by atoms with Crippen molar-refractivity contribution in [3.05, 3.63) is 29.8 Å². The SMILES string of the molecule is Cc1ccccc1NC(=O)CN(CCN)C1CCC1. The molecule has 0 unspecified atom stereocenters. The van der Waals surface area contributed by atoms with Crippen LogP contribution in [0.15, 0.2) is 24.3 Å². The first-order valence-electron chi connectivity index (χ1n) is 7.00. The van der Waals surface area contributed by atoms with E-state index in [4.69, 9.17) is 5.73 Å². The summed E-state index contributed by atoms with van der Waals surface area (Å²) in [5.41, 5.74) is 7.61. The summed E-state index contributed by atoms with van der Waals surface area (Å²) < 4.78 is 0. The summed E-state index contributed by atoms with van der Waals surface area (Å²) in [7, 11) is 0. The average molecular weight is 261 g/mol. The standard InChI is InChI=1S/C15H23N3O/c1-12-5-2-3-8-14(12)17-15(19)11-18(10-9-16)13-6-4-7-13/h2-3,5,8,13H,4,6-7,9-11,16H2,1H3,(H,17,19). The predicted molar refractivity (Wildman–Crippen MR) is 78.1 cm³/mol. The molecule has 0 atom stereocenters. The van der Waals surface area contributed by atoms with Gasteiger partial charge in [0.25, 0.3) is 0 Å². The van der Waals surface area contributed by atoms with Crippen LogP contribution in [0.3, 0.4) is 0 Å². The second-order valence-electron chi connectivity index (χ2n) is 5.21. The molecule has 1 aliphatic rings. The van der Waals surface area contributed by atoms with Crippen molar-refractivity contribution in [2.24, 2.45) is 5.73 Å². The Hall–Kier alpha value is -1.39. The van der Waals surface area contributed by atoms with Gasteiger partial charge >= 0.3 is 0 Å². The van der Waals surface area contributed by atoms with Gasteiger partial charge in [-0.3, -0.25) is 9.69 Å². The Morgan fingerprint density at radius 1 is 1.42 bits per heavy atom. The number of nitrogens with one attached hydrogen (secondary N) is 1. The number of nitrogens with two attached hydrogens (primary N) is 1. The van der Waals surface area contributed by atoms with Gasteiger partial charge < -0.3 is 11.1 Å². The summed E-state index contributed by atoms with van der Waals surface area (Å²) in [4.78, 5) is 14.3. The van der Waals surface area contributed by atoms with Gasteiger partial charge in [0.05, 0.1) is 6.54 Å². The van der Waals surface area contributed by atoms with Crippen molar-refractivity contribution >= 4 is 11.6 Å². The lowest BCUT2D eigenvalue weighted by Gasteiger charge is -2.36. The highest BCUT2D eigenvalue weighted by molar-refractivity contribution is 5.92. The van der Waals surface area contributed by atoms with Crippen LogP contribution in [0.25, 0.3) is 0 Å². The zero-order chi connectivity index (χ0) is 13.7. The molecule has 4 nitrogen and oxygen atoms in total. The number of hydrogen-bond donors (Lipinski definition) is 2. The first kappa shape index (κ1) is 14.0. The number of nitrogens with zero attached hydrogens (tertiary/aromatic N) is 1. The van der Waals surface area contributed by atoms with Gasteiger partial charge in [0.15, 0.2) is 0 Å². The van der Waals surface area contributed by atoms with Gasteiger partial charge in [-0.25, -0.2) is 0 Å². The van der Waals surface area contributed by atoms with Gasteiger partial charge in [-0.1, -0.05) is 24.6 Å². The fourth-order valence-corrected chi connectivity index (χ4v) is 2.40. The van der Waals surface area contributed by atoms with E-state index in [2.05, 4.69) is 10.2 Å². The summed E-state index contributed by atoms with van der Waals surface area (Å²) in [5, 5.41) is 2.98. The maximum atomic E-state index is 12.1. The molecular formula is C15H23N3O. The van der Waals surface area contributed by atoms with Crippen LogP contribution >= 0.6 is 0 Å². The molecule has 1 fully saturated rings. The van der Waals surface area contributed by atoms with Crippen molar-refractivity contribution < 1.29 is 4.79 Å². The van der Waals surface area contributed by atoms with E-state index in [0.717, 1.165) is 17.8 Å². The van der Waals surface area contributed by atoms with E-state index < -0.39 is 0 Å². The lowest BCUT2D eigenvalue weighted by molar-refractivity contribution is -0.118. The molecule has 0 radical (unpaired) electrons. The Balaban J connectivity index is 1.90. The van der Waals surface area contributed by atoms with Crippen LogP contribution in [0.1, 0.15) is 24.8 Å². The molecule has 3 N–H and O–H groups in total. The predicted octanol–water partition coefficient (Wildman–Crippen LogP) is 1.75. The Kier molecular flexibility index (Phi) is 4.93. The molecule has 0 aliphatic heterocycles. The summed E-state index contributed by atoms with van der Waals surface area (Å²) in [5.74, 6) is 0.0506. The number of benzene rings is 1. The van der Waals surface area contributed by atoms with Crippen LogP contribution in [-0.4, -0.2) is 36.5 Å². The Bertz CT molecular complexity index is 429. The van der Waals surface area contributed by atoms with Gasteiger partial charge in [0, 0.05) is 24.8 Å². The normalized spacial score (nSPS) is 15.3. The van der Waals surface area contributed by atoms with Crippen LogP contribution in [0.5, 0.6) is 0 Å². The molecule has 0 saturated heterocycles. The van der Waals surface area contributed by atoms with Crippen molar-refractivity contribution in [2.75, 3.05) is 25.0 Å². The molecule has 1 aromatic rings. The van der Waals surface area contributed by atoms with Gasteiger partial charge in [-0.05, 0) is 31.4 Å². The van der Waals surface area contributed by atoms with Crippen molar-refractivity contribution in [3.8, 4) is 0 Å². The number of rotatable bonds is 6. The van der Waals surface area contributed by atoms with Crippen molar-refractivity contribution in [1.29, 1.82) is 0 Å². The Labute approximate surface area is 115 Å². The number of carbonyl (C=O) groups excluding carboxylic acids is 1. The summed E-state index contributed by atoms with van der Waals surface area (Å²) in [6.07, 6.45) is 3.65. The van der Waals surface area contributed by atoms with Crippen LogP contribution < -0.4 is 11.1 Å². The molecule has 0 bridgehead atoms. The molecule has 0 heterocycles. The van der Waals surface area contributed by atoms with Crippen molar-refractivity contribution in [2.45, 2.75) is 32.2 Å². The lowest BCUT2D eigenvalue weighted by Crippen LogP contribution is -2.46. The summed E-state index contributed by atoms with van der Waals surface area (Å²) in [6, 6.07) is 8.39. The number of aryl methyl sites for hydroxylation is 1. The van der Waals surface area contributed by atoms with Gasteiger partial charge in [-0.2, -0.15) is 0 Å². The number of hydrogen-bond acceptors (Lipinski definition) is 3. The molecule has 1 aromatic carbocycles. The van der Waals surface area contributed by atoms with E-state index >= 15 is 0 Å². The second kappa shape index (κ2) is 6.68. The molecule has 104 valence electrons. The van der Waals surface area contributed by atoms with E-state index in [1.54, 1.807) is 0 Å². The minimum Gasteiger partial charge on any atom is -0.329 e. The lowest BCUT2D eigenvalue weighted by atomic mass is 9.91. The number of amides is 1. The molecule has 1 amide bonds. The molecule has 0 spiro atoms. The molecule has 0 aromatic heterocycles. The monoisotopic (exact) mass is 261 g/mol. The Morgan fingerprint density at radius 3 is 2.74 bits per heavy atom. The van der Waals surface area contributed by atoms with Crippen LogP contribution in [-0.2, 0) is 4.79 Å². The third-order valence-corrected chi connectivity index (χ3v) is 3.77. The highest BCUT2D eigenvalue weighted by atomic mass is 16.2. The van der Waals surface area contributed by atoms with Gasteiger partial charge in [-0.15, -0.1) is 0 Å². The number of carbonyl (C=O) groups is 1. The van der Waals surface area contributed by atoms with Gasteiger partial charge in [0.2, 0.25) is 5.91 Å². The van der Waals surface area contributed by atoms with Crippen LogP contribution in [0.4, 0.5) is 5.69 Å². The first-order valence-corrected chi connectivity index (χ1v) is 7.00. The van der Waals surface area contributed by atoms with E-state index in [1.165, 1.54) is 19.3 Å². The molecule has 4 heteroatoms. The minimum absolute atomic E-state index is 0.0506. The molecule has 1 aliphatic carbocycles. The topological polar surface area (TPSA) is 58.4 Å². The highest BCUT2D eigenvalue weighted by Gasteiger charge is 2.25. The second-order valence-corrected chi connectivity index (χ2v) is 5.21. The average Bonchev–Trinajstić information content (AvgIpc) is 2.30.